The lowest BCUT2D eigenvalue weighted by Crippen LogP contribution is -2.48. The molecule has 0 aromatic rings. The third-order valence-electron chi connectivity index (χ3n) is 2.52. The van der Waals surface area contributed by atoms with Crippen molar-refractivity contribution >= 4 is 17.9 Å². The van der Waals surface area contributed by atoms with Crippen LogP contribution in [-0.2, 0) is 9.59 Å². The molecule has 0 radical (unpaired) electrons. The van der Waals surface area contributed by atoms with Gasteiger partial charge in [0, 0.05) is 26.2 Å². The van der Waals surface area contributed by atoms with E-state index in [0.717, 1.165) is 0 Å². The molecule has 0 atom stereocenters. The van der Waals surface area contributed by atoms with Gasteiger partial charge in [0.05, 0.1) is 6.42 Å². The molecule has 0 bridgehead atoms. The van der Waals surface area contributed by atoms with E-state index in [2.05, 4.69) is 5.32 Å². The van der Waals surface area contributed by atoms with Gasteiger partial charge in [-0.1, -0.05) is 0 Å². The number of urea groups is 1. The Hall–Kier alpha value is -1.79. The van der Waals surface area contributed by atoms with Crippen LogP contribution in [0, 0.1) is 0 Å². The molecule has 0 aliphatic rings. The Morgan fingerprint density at radius 3 is 2.26 bits per heavy atom. The summed E-state index contributed by atoms with van der Waals surface area (Å²) in [5, 5.41) is 11.3. The minimum Gasteiger partial charge on any atom is -0.481 e. The summed E-state index contributed by atoms with van der Waals surface area (Å²) in [7, 11) is 1.52. The second-order valence-corrected chi connectivity index (χ2v) is 4.52. The first-order chi connectivity index (χ1) is 8.79. The number of amides is 3. The van der Waals surface area contributed by atoms with Gasteiger partial charge < -0.3 is 20.2 Å². The van der Waals surface area contributed by atoms with Crippen LogP contribution in [0.5, 0.6) is 0 Å². The molecule has 19 heavy (non-hydrogen) atoms. The molecule has 2 N–H and O–H groups in total. The van der Waals surface area contributed by atoms with Crippen LogP contribution in [0.15, 0.2) is 0 Å². The maximum absolute atomic E-state index is 12.1. The number of likely N-dealkylation sites (N-methyl/N-ethyl adjacent to an activating group) is 2. The van der Waals surface area contributed by atoms with Crippen molar-refractivity contribution in [3.8, 4) is 0 Å². The van der Waals surface area contributed by atoms with Crippen LogP contribution >= 0.6 is 0 Å². The summed E-state index contributed by atoms with van der Waals surface area (Å²) < 4.78 is 0. The van der Waals surface area contributed by atoms with Gasteiger partial charge in [-0.3, -0.25) is 9.59 Å². The van der Waals surface area contributed by atoms with E-state index < -0.39 is 5.97 Å². The Morgan fingerprint density at radius 2 is 1.84 bits per heavy atom. The number of hydrogen-bond acceptors (Lipinski definition) is 3. The van der Waals surface area contributed by atoms with Gasteiger partial charge in [0.2, 0.25) is 5.91 Å². The SMILES string of the molecule is CCNC(=O)CN(C)C(=O)N(CCC(=O)O)C(C)C. The van der Waals surface area contributed by atoms with Crippen LogP contribution in [0.4, 0.5) is 4.79 Å². The number of carbonyl (C=O) groups is 3. The second kappa shape index (κ2) is 8.34. The third kappa shape index (κ3) is 6.64. The lowest BCUT2D eigenvalue weighted by Gasteiger charge is -2.30. The van der Waals surface area contributed by atoms with Crippen molar-refractivity contribution in [2.45, 2.75) is 33.2 Å². The quantitative estimate of drug-likeness (QED) is 0.700. The maximum Gasteiger partial charge on any atom is 0.320 e. The second-order valence-electron chi connectivity index (χ2n) is 4.52. The molecule has 3 amide bonds. The van der Waals surface area contributed by atoms with Gasteiger partial charge in [-0.05, 0) is 20.8 Å². The van der Waals surface area contributed by atoms with E-state index in [4.69, 9.17) is 5.11 Å². The first-order valence-corrected chi connectivity index (χ1v) is 6.29. The molecule has 0 rings (SSSR count). The highest BCUT2D eigenvalue weighted by atomic mass is 16.4. The summed E-state index contributed by atoms with van der Waals surface area (Å²) in [5.74, 6) is -1.19. The van der Waals surface area contributed by atoms with Crippen molar-refractivity contribution in [3.05, 3.63) is 0 Å². The number of hydrogen-bond donors (Lipinski definition) is 2. The number of aliphatic carboxylic acids is 1. The summed E-state index contributed by atoms with van der Waals surface area (Å²) in [6, 6.07) is -0.467. The van der Waals surface area contributed by atoms with Crippen molar-refractivity contribution in [2.24, 2.45) is 0 Å². The Morgan fingerprint density at radius 1 is 1.26 bits per heavy atom. The zero-order chi connectivity index (χ0) is 15.0. The molecule has 0 saturated heterocycles. The summed E-state index contributed by atoms with van der Waals surface area (Å²) in [4.78, 5) is 36.8. The van der Waals surface area contributed by atoms with Gasteiger partial charge in [-0.2, -0.15) is 0 Å². The van der Waals surface area contributed by atoms with E-state index >= 15 is 0 Å². The van der Waals surface area contributed by atoms with Crippen molar-refractivity contribution in [2.75, 3.05) is 26.7 Å². The molecule has 0 aliphatic carbocycles. The molecular weight excluding hydrogens is 250 g/mol. The van der Waals surface area contributed by atoms with Gasteiger partial charge in [-0.15, -0.1) is 0 Å². The van der Waals surface area contributed by atoms with E-state index in [1.807, 2.05) is 0 Å². The highest BCUT2D eigenvalue weighted by molar-refractivity contribution is 5.84. The first kappa shape index (κ1) is 17.2. The van der Waals surface area contributed by atoms with Crippen LogP contribution in [0.25, 0.3) is 0 Å². The van der Waals surface area contributed by atoms with Gasteiger partial charge in [0.1, 0.15) is 6.54 Å². The van der Waals surface area contributed by atoms with Gasteiger partial charge in [-0.25, -0.2) is 4.79 Å². The molecule has 0 aromatic carbocycles. The Balaban J connectivity index is 4.52. The zero-order valence-electron chi connectivity index (χ0n) is 12.0. The molecule has 0 spiro atoms. The van der Waals surface area contributed by atoms with Crippen LogP contribution in [0.2, 0.25) is 0 Å². The predicted octanol–water partition coefficient (Wildman–Crippen LogP) is 0.359. The highest BCUT2D eigenvalue weighted by Gasteiger charge is 2.22. The third-order valence-corrected chi connectivity index (χ3v) is 2.52. The van der Waals surface area contributed by atoms with Gasteiger partial charge in [0.15, 0.2) is 0 Å². The molecule has 0 unspecified atom stereocenters. The van der Waals surface area contributed by atoms with Crippen LogP contribution in [-0.4, -0.2) is 65.5 Å². The molecule has 7 nitrogen and oxygen atoms in total. The molecule has 0 aromatic heterocycles. The Kier molecular flexibility index (Phi) is 7.55. The standard InChI is InChI=1S/C12H23N3O4/c1-5-13-10(16)8-14(4)12(19)15(9(2)3)7-6-11(17)18/h9H,5-8H2,1-4H3,(H,13,16)(H,17,18). The predicted molar refractivity (Wildman–Crippen MR) is 70.8 cm³/mol. The maximum atomic E-state index is 12.1. The average molecular weight is 273 g/mol. The lowest BCUT2D eigenvalue weighted by atomic mass is 10.3. The fraction of sp³-hybridized carbons (Fsp3) is 0.750. The minimum absolute atomic E-state index is 0.0387. The van der Waals surface area contributed by atoms with E-state index in [0.29, 0.717) is 6.54 Å². The average Bonchev–Trinajstić information content (AvgIpc) is 2.28. The molecule has 110 valence electrons. The van der Waals surface area contributed by atoms with Crippen LogP contribution in [0.3, 0.4) is 0 Å². The molecule has 0 fully saturated rings. The largest absolute Gasteiger partial charge is 0.481 e. The lowest BCUT2D eigenvalue weighted by molar-refractivity contribution is -0.137. The number of carboxylic acid groups (broad SMARTS) is 1. The van der Waals surface area contributed by atoms with E-state index in [1.54, 1.807) is 20.8 Å². The monoisotopic (exact) mass is 273 g/mol. The minimum atomic E-state index is -0.954. The zero-order valence-corrected chi connectivity index (χ0v) is 12.0. The van der Waals surface area contributed by atoms with Crippen molar-refractivity contribution in [3.63, 3.8) is 0 Å². The summed E-state index contributed by atoms with van der Waals surface area (Å²) in [6.07, 6.45) is -0.112. The van der Waals surface area contributed by atoms with E-state index in [-0.39, 0.29) is 37.5 Å². The van der Waals surface area contributed by atoms with E-state index in [9.17, 15) is 14.4 Å². The van der Waals surface area contributed by atoms with E-state index in [1.165, 1.54) is 16.8 Å². The fourth-order valence-electron chi connectivity index (χ4n) is 1.55. The number of carbonyl (C=O) groups excluding carboxylic acids is 2. The molecule has 0 saturated carbocycles. The fourth-order valence-corrected chi connectivity index (χ4v) is 1.55. The number of carboxylic acids is 1. The molecule has 7 heteroatoms. The first-order valence-electron chi connectivity index (χ1n) is 6.29. The number of nitrogens with zero attached hydrogens (tertiary/aromatic N) is 2. The van der Waals surface area contributed by atoms with Crippen LogP contribution < -0.4 is 5.32 Å². The number of nitrogens with one attached hydrogen (secondary N) is 1. The summed E-state index contributed by atoms with van der Waals surface area (Å²) in [6.45, 7) is 6.01. The van der Waals surface area contributed by atoms with Crippen molar-refractivity contribution in [1.82, 2.24) is 15.1 Å². The number of rotatable bonds is 7. The topological polar surface area (TPSA) is 90.0 Å². The Bertz CT molecular complexity index is 331. The smallest absolute Gasteiger partial charge is 0.320 e. The van der Waals surface area contributed by atoms with Gasteiger partial charge >= 0.3 is 12.0 Å². The van der Waals surface area contributed by atoms with Crippen molar-refractivity contribution < 1.29 is 19.5 Å². The summed E-state index contributed by atoms with van der Waals surface area (Å²) in [5.41, 5.74) is 0. The molecule has 0 heterocycles. The highest BCUT2D eigenvalue weighted by Crippen LogP contribution is 2.04. The molecule has 0 aliphatic heterocycles. The summed E-state index contributed by atoms with van der Waals surface area (Å²) >= 11 is 0. The van der Waals surface area contributed by atoms with Gasteiger partial charge in [0.25, 0.3) is 0 Å². The normalized spacial score (nSPS) is 10.2. The van der Waals surface area contributed by atoms with Crippen LogP contribution in [0.1, 0.15) is 27.2 Å². The van der Waals surface area contributed by atoms with Crippen molar-refractivity contribution in [1.29, 1.82) is 0 Å². The molecular formula is C12H23N3O4. The Labute approximate surface area is 113 Å².